The zero-order chi connectivity index (χ0) is 23.4. The van der Waals surface area contributed by atoms with Gasteiger partial charge in [0.05, 0.1) is 39.6 Å². The molecule has 2 unspecified atom stereocenters. The van der Waals surface area contributed by atoms with Crippen LogP contribution in [-0.2, 0) is 29.2 Å². The Kier molecular flexibility index (Phi) is 6.96. The summed E-state index contributed by atoms with van der Waals surface area (Å²) in [6, 6.07) is 9.76. The topological polar surface area (TPSA) is 101 Å². The Bertz CT molecular complexity index is 1120. The molecule has 0 bridgehead atoms. The molecule has 8 heteroatoms. The highest BCUT2D eigenvalue weighted by molar-refractivity contribution is 5.52. The van der Waals surface area contributed by atoms with Crippen LogP contribution in [0.15, 0.2) is 42.7 Å². The third kappa shape index (κ3) is 4.86. The number of nitrogen functional groups attached to an aromatic ring is 1. The molecule has 0 spiro atoms. The summed E-state index contributed by atoms with van der Waals surface area (Å²) >= 11 is 0. The number of aromatic nitrogens is 2. The number of hydrogen-bond acceptors (Lipinski definition) is 8. The highest BCUT2D eigenvalue weighted by Crippen LogP contribution is 2.35. The Hall–Kier alpha value is -3.36. The van der Waals surface area contributed by atoms with E-state index in [0.717, 1.165) is 34.0 Å². The number of rotatable bonds is 5. The lowest BCUT2D eigenvalue weighted by Gasteiger charge is -2.14. The minimum atomic E-state index is 0.0731. The van der Waals surface area contributed by atoms with Gasteiger partial charge in [0.2, 0.25) is 0 Å². The molecule has 3 aromatic rings. The average Bonchev–Trinajstić information content (AvgIpc) is 3.41. The Morgan fingerprint density at radius 2 is 1.61 bits per heavy atom. The van der Waals surface area contributed by atoms with Crippen molar-refractivity contribution in [3.63, 3.8) is 0 Å². The van der Waals surface area contributed by atoms with Crippen molar-refractivity contribution >= 4 is 11.6 Å². The lowest BCUT2D eigenvalue weighted by Crippen LogP contribution is -2.07. The normalized spacial score (nSPS) is 18.1. The highest BCUT2D eigenvalue weighted by Gasteiger charge is 2.23. The predicted octanol–water partition coefficient (Wildman–Crippen LogP) is 4.56. The molecular weight excluding hydrogens is 420 g/mol. The first-order valence-corrected chi connectivity index (χ1v) is 10.9. The molecule has 4 heterocycles. The Balaban J connectivity index is 0.000000196. The molecule has 0 amide bonds. The van der Waals surface area contributed by atoms with Crippen LogP contribution in [-0.4, -0.2) is 24.2 Å². The van der Waals surface area contributed by atoms with Crippen molar-refractivity contribution in [2.24, 2.45) is 0 Å². The lowest BCUT2D eigenvalue weighted by molar-refractivity contribution is 0.0797. The van der Waals surface area contributed by atoms with E-state index < -0.39 is 0 Å². The summed E-state index contributed by atoms with van der Waals surface area (Å²) in [7, 11) is 3.30. The molecule has 1 aromatic carbocycles. The molecule has 0 saturated heterocycles. The van der Waals surface area contributed by atoms with Crippen LogP contribution in [0, 0.1) is 0 Å². The van der Waals surface area contributed by atoms with Gasteiger partial charge in [0.1, 0.15) is 23.1 Å². The molecule has 0 radical (unpaired) electrons. The fourth-order valence-corrected chi connectivity index (χ4v) is 4.13. The number of nitrogens with zero attached hydrogens (tertiary/aromatic N) is 2. The number of benzene rings is 1. The van der Waals surface area contributed by atoms with E-state index in [1.807, 2.05) is 50.4 Å². The molecule has 0 saturated carbocycles. The lowest BCUT2D eigenvalue weighted by atomic mass is 10.1. The molecule has 8 nitrogen and oxygen atoms in total. The summed E-state index contributed by atoms with van der Waals surface area (Å²) in [5.74, 6) is 3.05. The van der Waals surface area contributed by atoms with E-state index in [0.29, 0.717) is 25.6 Å². The van der Waals surface area contributed by atoms with Gasteiger partial charge in [-0.05, 0) is 49.2 Å². The molecule has 33 heavy (non-hydrogen) atoms. The molecule has 3 N–H and O–H groups in total. The first-order valence-electron chi connectivity index (χ1n) is 10.9. The van der Waals surface area contributed by atoms with Crippen molar-refractivity contribution in [2.45, 2.75) is 45.8 Å². The maximum atomic E-state index is 5.67. The van der Waals surface area contributed by atoms with E-state index in [2.05, 4.69) is 15.3 Å². The standard InChI is InChI=1S/C17H20N2O3.C8H10N2O/c1-11-16-13(10-22-11)6-7-18-17(16)19-9-12-4-5-14(20-2)8-15(12)21-3;1-5-7-6(4-11-5)2-3-10-8(7)9/h4-8,11H,9-10H2,1-3H3,(H,18,19);2-3,5H,4H2,1H3,(H2,9,10). The minimum Gasteiger partial charge on any atom is -0.497 e. The van der Waals surface area contributed by atoms with E-state index in [9.17, 15) is 0 Å². The van der Waals surface area contributed by atoms with Crippen LogP contribution in [0.3, 0.4) is 0 Å². The number of nitrogens with two attached hydrogens (primary N) is 1. The second-order valence-corrected chi connectivity index (χ2v) is 7.94. The van der Waals surface area contributed by atoms with Crippen molar-refractivity contribution in [3.8, 4) is 11.5 Å². The van der Waals surface area contributed by atoms with Crippen molar-refractivity contribution in [2.75, 3.05) is 25.3 Å². The van der Waals surface area contributed by atoms with E-state index in [-0.39, 0.29) is 12.2 Å². The summed E-state index contributed by atoms with van der Waals surface area (Å²) < 4.78 is 21.7. The molecule has 2 aliphatic rings. The fourth-order valence-electron chi connectivity index (χ4n) is 4.13. The van der Waals surface area contributed by atoms with E-state index in [4.69, 9.17) is 24.7 Å². The van der Waals surface area contributed by atoms with Crippen LogP contribution in [0.25, 0.3) is 0 Å². The van der Waals surface area contributed by atoms with Crippen LogP contribution < -0.4 is 20.5 Å². The maximum absolute atomic E-state index is 5.67. The van der Waals surface area contributed by atoms with Crippen LogP contribution in [0.4, 0.5) is 11.6 Å². The summed E-state index contributed by atoms with van der Waals surface area (Å²) in [5, 5.41) is 3.39. The molecule has 5 rings (SSSR count). The number of anilines is 2. The molecule has 0 fully saturated rings. The van der Waals surface area contributed by atoms with Gasteiger partial charge in [-0.25, -0.2) is 9.97 Å². The second-order valence-electron chi connectivity index (χ2n) is 7.94. The zero-order valence-electron chi connectivity index (χ0n) is 19.4. The van der Waals surface area contributed by atoms with Crippen LogP contribution in [0.2, 0.25) is 0 Å². The molecule has 2 aromatic heterocycles. The Morgan fingerprint density at radius 1 is 0.939 bits per heavy atom. The van der Waals surface area contributed by atoms with Gasteiger partial charge in [-0.3, -0.25) is 0 Å². The van der Waals surface area contributed by atoms with E-state index >= 15 is 0 Å². The highest BCUT2D eigenvalue weighted by atomic mass is 16.5. The van der Waals surface area contributed by atoms with Gasteiger partial charge in [0.25, 0.3) is 0 Å². The van der Waals surface area contributed by atoms with Gasteiger partial charge in [0, 0.05) is 41.7 Å². The number of nitrogens with one attached hydrogen (secondary N) is 1. The third-order valence-corrected chi connectivity index (χ3v) is 5.92. The molecule has 2 aliphatic heterocycles. The van der Waals surface area contributed by atoms with Gasteiger partial charge >= 0.3 is 0 Å². The van der Waals surface area contributed by atoms with Gasteiger partial charge in [0.15, 0.2) is 0 Å². The zero-order valence-corrected chi connectivity index (χ0v) is 19.4. The second kappa shape index (κ2) is 10.1. The smallest absolute Gasteiger partial charge is 0.132 e. The van der Waals surface area contributed by atoms with E-state index in [1.54, 1.807) is 20.4 Å². The fraction of sp³-hybridized carbons (Fsp3) is 0.360. The van der Waals surface area contributed by atoms with Crippen molar-refractivity contribution in [1.82, 2.24) is 9.97 Å². The van der Waals surface area contributed by atoms with Crippen molar-refractivity contribution in [1.29, 1.82) is 0 Å². The Morgan fingerprint density at radius 3 is 2.27 bits per heavy atom. The number of pyridine rings is 2. The van der Waals surface area contributed by atoms with Crippen LogP contribution in [0.5, 0.6) is 11.5 Å². The first kappa shape index (κ1) is 22.8. The quantitative estimate of drug-likeness (QED) is 0.584. The summed E-state index contributed by atoms with van der Waals surface area (Å²) in [6.45, 7) is 5.99. The van der Waals surface area contributed by atoms with Crippen LogP contribution in [0.1, 0.15) is 53.9 Å². The molecular formula is C25H30N4O4. The van der Waals surface area contributed by atoms with Crippen molar-refractivity contribution < 1.29 is 18.9 Å². The van der Waals surface area contributed by atoms with Gasteiger partial charge in [-0.2, -0.15) is 0 Å². The molecule has 174 valence electrons. The van der Waals surface area contributed by atoms with Crippen molar-refractivity contribution in [3.05, 3.63) is 70.5 Å². The Labute approximate surface area is 194 Å². The summed E-state index contributed by atoms with van der Waals surface area (Å²) in [6.07, 6.45) is 3.71. The summed E-state index contributed by atoms with van der Waals surface area (Å²) in [4.78, 5) is 8.45. The van der Waals surface area contributed by atoms with Gasteiger partial charge < -0.3 is 30.0 Å². The maximum Gasteiger partial charge on any atom is 0.132 e. The summed E-state index contributed by atoms with van der Waals surface area (Å²) in [5.41, 5.74) is 11.3. The molecule has 2 atom stereocenters. The van der Waals surface area contributed by atoms with Gasteiger partial charge in [-0.1, -0.05) is 0 Å². The minimum absolute atomic E-state index is 0.0731. The number of hydrogen-bond donors (Lipinski definition) is 2. The first-order chi connectivity index (χ1) is 16.0. The number of fused-ring (bicyclic) bond motifs is 2. The average molecular weight is 451 g/mol. The monoisotopic (exact) mass is 450 g/mol. The number of methoxy groups -OCH3 is 2. The van der Waals surface area contributed by atoms with E-state index in [1.165, 1.54) is 11.1 Å². The predicted molar refractivity (Wildman–Crippen MR) is 126 cm³/mol. The number of ether oxygens (including phenoxy) is 4. The largest absolute Gasteiger partial charge is 0.497 e. The van der Waals surface area contributed by atoms with Gasteiger partial charge in [-0.15, -0.1) is 0 Å². The molecule has 0 aliphatic carbocycles. The van der Waals surface area contributed by atoms with Crippen LogP contribution >= 0.6 is 0 Å². The third-order valence-electron chi connectivity index (χ3n) is 5.92. The SMILES string of the molecule is CC1OCc2ccnc(N)c21.COc1ccc(CNc2nccc3c2C(C)OC3)c(OC)c1.